The summed E-state index contributed by atoms with van der Waals surface area (Å²) in [5, 5.41) is 0. The molecule has 8 heteroatoms. The van der Waals surface area contributed by atoms with Gasteiger partial charge in [0.15, 0.2) is 0 Å². The minimum atomic E-state index is -4.57. The maximum Gasteiger partial charge on any atom is 0.403 e. The first-order valence-corrected chi connectivity index (χ1v) is 3.97. The molecule has 0 amide bonds. The lowest BCUT2D eigenvalue weighted by atomic mass is 13.9. The molecule has 0 saturated heterocycles. The van der Waals surface area contributed by atoms with E-state index in [4.69, 9.17) is 9.45 Å². The quantitative estimate of drug-likeness (QED) is 0.353. The van der Waals surface area contributed by atoms with E-state index < -0.39 is 18.9 Å². The van der Waals surface area contributed by atoms with Crippen LogP contribution in [0.1, 0.15) is 0 Å². The third-order valence-electron chi connectivity index (χ3n) is 0.171. The third-order valence-corrected chi connectivity index (χ3v) is 1.54. The van der Waals surface area contributed by atoms with E-state index in [1.54, 1.807) is 0 Å². The zero-order valence-corrected chi connectivity index (χ0v) is 5.26. The van der Waals surface area contributed by atoms with Crippen LogP contribution in [0.4, 0.5) is 0 Å². The minimum Gasteiger partial charge on any atom is -0.337 e. The predicted octanol–water partition coefficient (Wildman–Crippen LogP) is -1.02. The van der Waals surface area contributed by atoms with Gasteiger partial charge in [-0.3, -0.25) is 10.1 Å². The predicted molar refractivity (Wildman–Crippen MR) is 26.0 cm³/mol. The van der Waals surface area contributed by atoms with Gasteiger partial charge in [-0.2, -0.15) is 12.4 Å². The Hall–Kier alpha value is 0.220. The molecule has 0 rings (SSSR count). The van der Waals surface area contributed by atoms with Crippen molar-refractivity contribution in [3.05, 3.63) is 0 Å². The normalized spacial score (nSPS) is 15.9. The maximum absolute atomic E-state index is 9.55. The van der Waals surface area contributed by atoms with Crippen LogP contribution in [0.5, 0.6) is 0 Å². The summed E-state index contributed by atoms with van der Waals surface area (Å²) in [5.74, 6) is 0. The summed E-state index contributed by atoms with van der Waals surface area (Å²) in [6.45, 7) is 0. The number of rotatable bonds is 2. The maximum atomic E-state index is 9.55. The van der Waals surface area contributed by atoms with Crippen LogP contribution < -0.4 is 5.50 Å². The van der Waals surface area contributed by atoms with Crippen molar-refractivity contribution in [2.24, 2.45) is 5.50 Å². The molecule has 0 aromatic rings. The minimum absolute atomic E-state index is 2.53. The summed E-state index contributed by atoms with van der Waals surface area (Å²) in [5.41, 5.74) is 4.44. The van der Waals surface area contributed by atoms with Crippen molar-refractivity contribution in [1.82, 2.24) is 0 Å². The highest BCUT2D eigenvalue weighted by atomic mass is 32.3. The Bertz CT molecular complexity index is 146. The molecule has 0 fully saturated rings. The Kier molecular flexibility index (Phi) is 2.75. The lowest BCUT2D eigenvalue weighted by Gasteiger charge is -1.96. The van der Waals surface area contributed by atoms with E-state index in [2.05, 4.69) is 9.47 Å². The van der Waals surface area contributed by atoms with E-state index in [1.807, 2.05) is 0 Å². The van der Waals surface area contributed by atoms with Gasteiger partial charge in [0.2, 0.25) is 0 Å². The van der Waals surface area contributed by atoms with Gasteiger partial charge in [-0.05, 0) is 0 Å². The smallest absolute Gasteiger partial charge is 0.337 e. The van der Waals surface area contributed by atoms with E-state index >= 15 is 0 Å². The molecule has 50 valence electrons. The topological polar surface area (TPSA) is 110 Å². The lowest BCUT2D eigenvalue weighted by molar-refractivity contribution is 0.380. The van der Waals surface area contributed by atoms with Crippen LogP contribution in [-0.4, -0.2) is 17.9 Å². The largest absolute Gasteiger partial charge is 0.403 e. The Morgan fingerprint density at radius 3 is 2.00 bits per heavy atom. The molecular weight excluding hydrogens is 157 g/mol. The van der Waals surface area contributed by atoms with Crippen molar-refractivity contribution in [3.8, 4) is 0 Å². The van der Waals surface area contributed by atoms with E-state index in [0.717, 1.165) is 0 Å². The zero-order valence-electron chi connectivity index (χ0n) is 3.55. The van der Waals surface area contributed by atoms with Gasteiger partial charge < -0.3 is 4.89 Å². The Labute approximate surface area is 47.2 Å². The fourth-order valence-corrected chi connectivity index (χ4v) is 0.869. The van der Waals surface area contributed by atoms with Crippen LogP contribution in [0, 0.1) is 0 Å². The monoisotopic (exact) mass is 161 g/mol. The second-order valence-electron chi connectivity index (χ2n) is 0.805. The molecule has 1 unspecified atom stereocenters. The van der Waals surface area contributed by atoms with Gasteiger partial charge in [0, 0.05) is 0 Å². The van der Waals surface area contributed by atoms with Gasteiger partial charge >= 0.3 is 10.4 Å². The van der Waals surface area contributed by atoms with Crippen LogP contribution in [0.2, 0.25) is 0 Å². The van der Waals surface area contributed by atoms with E-state index in [-0.39, 0.29) is 0 Å². The summed E-state index contributed by atoms with van der Waals surface area (Å²) in [4.78, 5) is 7.97. The van der Waals surface area contributed by atoms with Gasteiger partial charge in [0.05, 0.1) is 0 Å². The first-order chi connectivity index (χ1) is 3.42. The Morgan fingerprint density at radius 2 is 2.00 bits per heavy atom. The molecule has 0 aromatic carbocycles. The van der Waals surface area contributed by atoms with Crippen molar-refractivity contribution < 1.29 is 21.8 Å². The fourth-order valence-electron chi connectivity index (χ4n) is 0.0965. The fraction of sp³-hybridized carbons (Fsp3) is 0. The van der Waals surface area contributed by atoms with Crippen LogP contribution in [0.15, 0.2) is 0 Å². The Morgan fingerprint density at radius 1 is 1.62 bits per heavy atom. The van der Waals surface area contributed by atoms with Gasteiger partial charge in [-0.1, -0.05) is 0 Å². The van der Waals surface area contributed by atoms with Gasteiger partial charge in [-0.15, -0.1) is 0 Å². The molecular formula is H4NO5PS. The van der Waals surface area contributed by atoms with Crippen molar-refractivity contribution in [1.29, 1.82) is 0 Å². The number of nitrogens with two attached hydrogens (primary N) is 1. The standard InChI is InChI=1S/H4NO5PS/c1-7(2)6-8(3,4)5/h2H,1H2,(H,3,4,5). The van der Waals surface area contributed by atoms with Crippen molar-refractivity contribution in [3.63, 3.8) is 0 Å². The highest BCUT2D eigenvalue weighted by molar-refractivity contribution is 7.85. The molecule has 0 saturated carbocycles. The molecule has 0 radical (unpaired) electrons. The van der Waals surface area contributed by atoms with Crippen LogP contribution in [0.25, 0.3) is 0 Å². The summed E-state index contributed by atoms with van der Waals surface area (Å²) in [6, 6.07) is 0. The summed E-state index contributed by atoms with van der Waals surface area (Å²) >= 11 is 0. The SMILES string of the molecule is NP(O)OS(=O)(=O)O. The van der Waals surface area contributed by atoms with Crippen LogP contribution in [-0.2, 0) is 14.4 Å². The van der Waals surface area contributed by atoms with Crippen molar-refractivity contribution in [2.45, 2.75) is 0 Å². The van der Waals surface area contributed by atoms with Gasteiger partial charge in [-0.25, -0.2) is 0 Å². The number of hydrogen-bond donors (Lipinski definition) is 3. The molecule has 4 N–H and O–H groups in total. The lowest BCUT2D eigenvalue weighted by Crippen LogP contribution is -2.02. The molecule has 0 heterocycles. The third kappa shape index (κ3) is 6.22. The average Bonchev–Trinajstić information content (AvgIpc) is 1.21. The highest BCUT2D eigenvalue weighted by Gasteiger charge is 2.09. The molecule has 0 aliphatic rings. The first kappa shape index (κ1) is 8.22. The molecule has 1 atom stereocenters. The average molecular weight is 161 g/mol. The van der Waals surface area contributed by atoms with E-state index in [0.29, 0.717) is 0 Å². The molecule has 0 aliphatic carbocycles. The molecule has 6 nitrogen and oxygen atoms in total. The Balaban J connectivity index is 3.75. The molecule has 0 aromatic heterocycles. The van der Waals surface area contributed by atoms with Crippen molar-refractivity contribution in [2.75, 3.05) is 0 Å². The molecule has 0 aliphatic heterocycles. The summed E-state index contributed by atoms with van der Waals surface area (Å²) in [7, 11) is -7.10. The van der Waals surface area contributed by atoms with Crippen LogP contribution >= 0.6 is 8.53 Å². The molecule has 0 bridgehead atoms. The van der Waals surface area contributed by atoms with E-state index in [9.17, 15) is 8.42 Å². The zero-order chi connectivity index (χ0) is 6.78. The second-order valence-corrected chi connectivity index (χ2v) is 2.86. The molecule has 0 spiro atoms. The first-order valence-electron chi connectivity index (χ1n) is 1.32. The molecule has 8 heavy (non-hydrogen) atoms. The van der Waals surface area contributed by atoms with Crippen LogP contribution in [0.3, 0.4) is 0 Å². The van der Waals surface area contributed by atoms with Gasteiger partial charge in [0.25, 0.3) is 8.53 Å². The second kappa shape index (κ2) is 2.67. The van der Waals surface area contributed by atoms with Gasteiger partial charge in [0.1, 0.15) is 0 Å². The number of hydrogen-bond acceptors (Lipinski definition) is 5. The summed E-state index contributed by atoms with van der Waals surface area (Å²) in [6.07, 6.45) is 0. The summed E-state index contributed by atoms with van der Waals surface area (Å²) < 4.78 is 30.2. The highest BCUT2D eigenvalue weighted by Crippen LogP contribution is 2.21. The van der Waals surface area contributed by atoms with E-state index in [1.165, 1.54) is 0 Å². The van der Waals surface area contributed by atoms with Crippen molar-refractivity contribution >= 4 is 18.9 Å².